The lowest BCUT2D eigenvalue weighted by atomic mass is 10.1. The van der Waals surface area contributed by atoms with Gasteiger partial charge in [-0.3, -0.25) is 9.78 Å². The fraction of sp³-hybridized carbons (Fsp3) is 0.400. The van der Waals surface area contributed by atoms with E-state index in [1.54, 1.807) is 0 Å². The molecular weight excluding hydrogens is 239 g/mol. The van der Waals surface area contributed by atoms with E-state index in [2.05, 4.69) is 14.5 Å². The van der Waals surface area contributed by atoms with Crippen molar-refractivity contribution in [3.05, 3.63) is 23.3 Å². The zero-order chi connectivity index (χ0) is 13.0. The summed E-state index contributed by atoms with van der Waals surface area (Å²) in [5, 5.41) is 0. The van der Waals surface area contributed by atoms with Crippen LogP contribution in [0.15, 0.2) is 6.20 Å². The second-order valence-electron chi connectivity index (χ2n) is 3.05. The van der Waals surface area contributed by atoms with E-state index >= 15 is 0 Å². The summed E-state index contributed by atoms with van der Waals surface area (Å²) >= 11 is 0. The monoisotopic (exact) mass is 249 g/mol. The zero-order valence-electron chi connectivity index (χ0n) is 9.17. The van der Waals surface area contributed by atoms with Gasteiger partial charge in [-0.05, 0) is 0 Å². The second kappa shape index (κ2) is 5.51. The van der Waals surface area contributed by atoms with Crippen LogP contribution in [0.25, 0.3) is 0 Å². The van der Waals surface area contributed by atoms with E-state index < -0.39 is 35.9 Å². The number of hydrogen-bond acceptors (Lipinski definition) is 4. The quantitative estimate of drug-likeness (QED) is 0.764. The minimum absolute atomic E-state index is 0.355. The van der Waals surface area contributed by atoms with Crippen molar-refractivity contribution in [2.24, 2.45) is 0 Å². The molecule has 0 N–H and O–H groups in total. The molecule has 0 bridgehead atoms. The average Bonchev–Trinajstić information content (AvgIpc) is 2.30. The number of hydrogen-bond donors (Lipinski definition) is 0. The van der Waals surface area contributed by atoms with E-state index in [1.165, 1.54) is 0 Å². The number of methoxy groups -OCH3 is 2. The minimum atomic E-state index is -3.05. The number of ether oxygens (including phenoxy) is 2. The molecular formula is C10H10F3NO3. The molecule has 0 fully saturated rings. The van der Waals surface area contributed by atoms with Gasteiger partial charge in [0.05, 0.1) is 38.1 Å². The number of carbonyl (C=O) groups is 1. The lowest BCUT2D eigenvalue weighted by Crippen LogP contribution is -2.10. The predicted octanol–water partition coefficient (Wildman–Crippen LogP) is 1.88. The summed E-state index contributed by atoms with van der Waals surface area (Å²) in [6, 6.07) is 0. The van der Waals surface area contributed by atoms with Crippen molar-refractivity contribution >= 4 is 5.97 Å². The van der Waals surface area contributed by atoms with E-state index in [1.807, 2.05) is 0 Å². The maximum absolute atomic E-state index is 13.6. The molecule has 0 radical (unpaired) electrons. The summed E-state index contributed by atoms with van der Waals surface area (Å²) in [7, 11) is 2.24. The summed E-state index contributed by atoms with van der Waals surface area (Å²) < 4.78 is 47.7. The molecule has 0 saturated heterocycles. The number of carbonyl (C=O) groups excluding carboxylic acids is 1. The maximum atomic E-state index is 13.6. The van der Waals surface area contributed by atoms with Crippen LogP contribution < -0.4 is 4.74 Å². The van der Waals surface area contributed by atoms with Crippen LogP contribution in [0.3, 0.4) is 0 Å². The van der Waals surface area contributed by atoms with Gasteiger partial charge in [-0.25, -0.2) is 13.2 Å². The van der Waals surface area contributed by atoms with Crippen molar-refractivity contribution in [2.45, 2.75) is 12.8 Å². The first-order chi connectivity index (χ1) is 8.01. The molecule has 0 unspecified atom stereocenters. The van der Waals surface area contributed by atoms with Gasteiger partial charge in [-0.1, -0.05) is 0 Å². The van der Waals surface area contributed by atoms with Crippen LogP contribution in [0.2, 0.25) is 0 Å². The molecule has 0 aliphatic carbocycles. The highest BCUT2D eigenvalue weighted by atomic mass is 19.3. The minimum Gasteiger partial charge on any atom is -0.495 e. The topological polar surface area (TPSA) is 48.4 Å². The van der Waals surface area contributed by atoms with E-state index in [-0.39, 0.29) is 5.75 Å². The molecule has 4 nitrogen and oxygen atoms in total. The molecule has 0 aliphatic heterocycles. The van der Waals surface area contributed by atoms with Gasteiger partial charge >= 0.3 is 5.97 Å². The number of esters is 1. The highest BCUT2D eigenvalue weighted by Gasteiger charge is 2.24. The molecule has 7 heteroatoms. The third-order valence-corrected chi connectivity index (χ3v) is 2.07. The van der Waals surface area contributed by atoms with Crippen LogP contribution in [0, 0.1) is 5.82 Å². The summed E-state index contributed by atoms with van der Waals surface area (Å²) in [5.41, 5.74) is -1.30. The van der Waals surface area contributed by atoms with Gasteiger partial charge in [0.15, 0.2) is 5.82 Å². The Bertz CT molecular complexity index is 424. The molecule has 0 aliphatic rings. The van der Waals surface area contributed by atoms with Gasteiger partial charge in [0, 0.05) is 0 Å². The normalized spacial score (nSPS) is 10.5. The van der Waals surface area contributed by atoms with Gasteiger partial charge in [-0.2, -0.15) is 0 Å². The molecule has 0 atom stereocenters. The molecule has 1 rings (SSSR count). The maximum Gasteiger partial charge on any atom is 0.311 e. The molecule has 0 amide bonds. The van der Waals surface area contributed by atoms with Crippen molar-refractivity contribution < 1.29 is 27.4 Å². The van der Waals surface area contributed by atoms with E-state index in [0.29, 0.717) is 0 Å². The number of pyridine rings is 1. The van der Waals surface area contributed by atoms with Crippen LogP contribution in [-0.2, 0) is 16.0 Å². The second-order valence-corrected chi connectivity index (χ2v) is 3.05. The lowest BCUT2D eigenvalue weighted by Gasteiger charge is -2.10. The van der Waals surface area contributed by atoms with E-state index in [0.717, 1.165) is 20.4 Å². The Labute approximate surface area is 95.4 Å². The molecule has 17 heavy (non-hydrogen) atoms. The van der Waals surface area contributed by atoms with Gasteiger partial charge in [-0.15, -0.1) is 0 Å². The summed E-state index contributed by atoms with van der Waals surface area (Å²) in [6.07, 6.45) is -2.61. The van der Waals surface area contributed by atoms with E-state index in [9.17, 15) is 18.0 Å². The molecule has 0 saturated carbocycles. The first kappa shape index (κ1) is 13.3. The van der Waals surface area contributed by atoms with Crippen molar-refractivity contribution in [3.8, 4) is 5.75 Å². The Morgan fingerprint density at radius 2 is 2.12 bits per heavy atom. The van der Waals surface area contributed by atoms with Crippen LogP contribution in [-0.4, -0.2) is 25.2 Å². The SMILES string of the molecule is COC(=O)Cc1ncc(OC)c(C(F)F)c1F. The number of nitrogens with zero attached hydrogens (tertiary/aromatic N) is 1. The van der Waals surface area contributed by atoms with Gasteiger partial charge in [0.25, 0.3) is 6.43 Å². The third kappa shape index (κ3) is 2.86. The van der Waals surface area contributed by atoms with Gasteiger partial charge in [0.1, 0.15) is 5.75 Å². The molecule has 1 aromatic rings. The first-order valence-corrected chi connectivity index (χ1v) is 4.57. The highest BCUT2D eigenvalue weighted by Crippen LogP contribution is 2.31. The zero-order valence-corrected chi connectivity index (χ0v) is 9.17. The van der Waals surface area contributed by atoms with Gasteiger partial charge in [0.2, 0.25) is 0 Å². The van der Waals surface area contributed by atoms with Crippen LogP contribution in [0.4, 0.5) is 13.2 Å². The largest absolute Gasteiger partial charge is 0.495 e. The highest BCUT2D eigenvalue weighted by molar-refractivity contribution is 5.72. The summed E-state index contributed by atoms with van der Waals surface area (Å²) in [5.74, 6) is -2.36. The first-order valence-electron chi connectivity index (χ1n) is 4.57. The van der Waals surface area contributed by atoms with Crippen molar-refractivity contribution in [3.63, 3.8) is 0 Å². The number of aromatic nitrogens is 1. The standard InChI is InChI=1S/C10H10F3NO3/c1-16-6-4-14-5(3-7(15)17-2)9(11)8(6)10(12)13/h4,10H,3H2,1-2H3. The van der Waals surface area contributed by atoms with Crippen LogP contribution in [0.5, 0.6) is 5.75 Å². The molecule has 1 heterocycles. The number of alkyl halides is 2. The third-order valence-electron chi connectivity index (χ3n) is 2.07. The average molecular weight is 249 g/mol. The molecule has 0 aromatic carbocycles. The number of halogens is 3. The van der Waals surface area contributed by atoms with Crippen molar-refractivity contribution in [1.82, 2.24) is 4.98 Å². The Morgan fingerprint density at radius 3 is 2.59 bits per heavy atom. The van der Waals surface area contributed by atoms with Crippen LogP contribution in [0.1, 0.15) is 17.7 Å². The van der Waals surface area contributed by atoms with Crippen LogP contribution >= 0.6 is 0 Å². The summed E-state index contributed by atoms with van der Waals surface area (Å²) in [4.78, 5) is 14.5. The Kier molecular flexibility index (Phi) is 4.30. The molecule has 1 aromatic heterocycles. The Balaban J connectivity index is 3.18. The predicted molar refractivity (Wildman–Crippen MR) is 51.4 cm³/mol. The molecule has 0 spiro atoms. The Morgan fingerprint density at radius 1 is 1.47 bits per heavy atom. The number of rotatable bonds is 4. The Hall–Kier alpha value is -1.79. The fourth-order valence-electron chi connectivity index (χ4n) is 1.22. The fourth-order valence-corrected chi connectivity index (χ4v) is 1.22. The van der Waals surface area contributed by atoms with Crippen molar-refractivity contribution in [2.75, 3.05) is 14.2 Å². The smallest absolute Gasteiger partial charge is 0.311 e. The molecule has 94 valence electrons. The lowest BCUT2D eigenvalue weighted by molar-refractivity contribution is -0.139. The van der Waals surface area contributed by atoms with Gasteiger partial charge < -0.3 is 9.47 Å². The summed E-state index contributed by atoms with van der Waals surface area (Å²) in [6.45, 7) is 0. The van der Waals surface area contributed by atoms with Crippen molar-refractivity contribution in [1.29, 1.82) is 0 Å². The van der Waals surface area contributed by atoms with E-state index in [4.69, 9.17) is 0 Å².